The molecule has 0 saturated heterocycles. The fraction of sp³-hybridized carbons (Fsp3) is 0.118. The topological polar surface area (TPSA) is 38.9 Å². The van der Waals surface area contributed by atoms with E-state index >= 15 is 0 Å². The Bertz CT molecular complexity index is 717. The summed E-state index contributed by atoms with van der Waals surface area (Å²) in [6.45, 7) is 0. The lowest BCUT2D eigenvalue weighted by Crippen LogP contribution is -2.13. The molecule has 0 aliphatic rings. The van der Waals surface area contributed by atoms with Crippen LogP contribution in [0.25, 0.3) is 10.9 Å². The molecular formula is C17H15ClN2. The fourth-order valence-electron chi connectivity index (χ4n) is 2.43. The Kier molecular flexibility index (Phi) is 3.68. The molecule has 0 fully saturated rings. The van der Waals surface area contributed by atoms with E-state index in [2.05, 4.69) is 17.1 Å². The SMILES string of the molecule is NC(Cc1ccc(Cl)cc1)c1cccc2ncccc12. The molecule has 3 aromatic rings. The molecule has 1 atom stereocenters. The van der Waals surface area contributed by atoms with Gasteiger partial charge in [-0.2, -0.15) is 0 Å². The third kappa shape index (κ3) is 2.67. The Morgan fingerprint density at radius 2 is 1.80 bits per heavy atom. The van der Waals surface area contributed by atoms with Gasteiger partial charge in [0.15, 0.2) is 0 Å². The van der Waals surface area contributed by atoms with Crippen molar-refractivity contribution >= 4 is 22.5 Å². The number of nitrogens with zero attached hydrogens (tertiary/aromatic N) is 1. The van der Waals surface area contributed by atoms with Gasteiger partial charge in [0, 0.05) is 22.6 Å². The van der Waals surface area contributed by atoms with Crippen molar-refractivity contribution in [1.29, 1.82) is 0 Å². The Balaban J connectivity index is 1.92. The smallest absolute Gasteiger partial charge is 0.0705 e. The van der Waals surface area contributed by atoms with Gasteiger partial charge >= 0.3 is 0 Å². The van der Waals surface area contributed by atoms with Crippen molar-refractivity contribution in [2.75, 3.05) is 0 Å². The summed E-state index contributed by atoms with van der Waals surface area (Å²) in [4.78, 5) is 4.37. The van der Waals surface area contributed by atoms with Crippen LogP contribution in [0.5, 0.6) is 0 Å². The molecule has 0 radical (unpaired) electrons. The summed E-state index contributed by atoms with van der Waals surface area (Å²) < 4.78 is 0. The van der Waals surface area contributed by atoms with Crippen LogP contribution in [0.1, 0.15) is 17.2 Å². The molecule has 0 saturated carbocycles. The van der Waals surface area contributed by atoms with Crippen molar-refractivity contribution in [3.05, 3.63) is 76.9 Å². The van der Waals surface area contributed by atoms with Gasteiger partial charge in [0.25, 0.3) is 0 Å². The first-order chi connectivity index (χ1) is 9.74. The van der Waals surface area contributed by atoms with E-state index in [-0.39, 0.29) is 6.04 Å². The van der Waals surface area contributed by atoms with Crippen LogP contribution < -0.4 is 5.73 Å². The van der Waals surface area contributed by atoms with E-state index in [1.807, 2.05) is 42.5 Å². The number of aromatic nitrogens is 1. The summed E-state index contributed by atoms with van der Waals surface area (Å²) in [5.74, 6) is 0. The average molecular weight is 283 g/mol. The van der Waals surface area contributed by atoms with Crippen molar-refractivity contribution in [2.45, 2.75) is 12.5 Å². The van der Waals surface area contributed by atoms with Crippen molar-refractivity contribution in [3.8, 4) is 0 Å². The molecular weight excluding hydrogens is 268 g/mol. The normalized spacial score (nSPS) is 12.5. The van der Waals surface area contributed by atoms with Gasteiger partial charge in [-0.1, -0.05) is 41.9 Å². The van der Waals surface area contributed by atoms with Crippen LogP contribution in [0.2, 0.25) is 5.02 Å². The van der Waals surface area contributed by atoms with Crippen molar-refractivity contribution in [1.82, 2.24) is 4.98 Å². The van der Waals surface area contributed by atoms with Crippen LogP contribution in [0.15, 0.2) is 60.8 Å². The maximum Gasteiger partial charge on any atom is 0.0705 e. The minimum Gasteiger partial charge on any atom is -0.324 e. The summed E-state index contributed by atoms with van der Waals surface area (Å²) in [6.07, 6.45) is 2.59. The highest BCUT2D eigenvalue weighted by molar-refractivity contribution is 6.30. The van der Waals surface area contributed by atoms with Gasteiger partial charge in [-0.25, -0.2) is 0 Å². The molecule has 1 heterocycles. The summed E-state index contributed by atoms with van der Waals surface area (Å²) in [5.41, 5.74) is 9.67. The highest BCUT2D eigenvalue weighted by Crippen LogP contribution is 2.24. The zero-order valence-electron chi connectivity index (χ0n) is 11.0. The maximum atomic E-state index is 6.37. The van der Waals surface area contributed by atoms with Gasteiger partial charge in [-0.3, -0.25) is 4.98 Å². The molecule has 1 aromatic heterocycles. The summed E-state index contributed by atoms with van der Waals surface area (Å²) in [6, 6.07) is 17.9. The van der Waals surface area contributed by atoms with Crippen LogP contribution in [0.3, 0.4) is 0 Å². The maximum absolute atomic E-state index is 6.37. The number of hydrogen-bond acceptors (Lipinski definition) is 2. The van der Waals surface area contributed by atoms with E-state index in [0.717, 1.165) is 27.9 Å². The third-order valence-electron chi connectivity index (χ3n) is 3.45. The quantitative estimate of drug-likeness (QED) is 0.784. The Morgan fingerprint density at radius 3 is 2.60 bits per heavy atom. The zero-order valence-corrected chi connectivity index (χ0v) is 11.7. The lowest BCUT2D eigenvalue weighted by Gasteiger charge is -2.14. The number of hydrogen-bond donors (Lipinski definition) is 1. The third-order valence-corrected chi connectivity index (χ3v) is 3.70. The second-order valence-electron chi connectivity index (χ2n) is 4.85. The largest absolute Gasteiger partial charge is 0.324 e. The first kappa shape index (κ1) is 13.1. The number of rotatable bonds is 3. The number of fused-ring (bicyclic) bond motifs is 1. The zero-order chi connectivity index (χ0) is 13.9. The van der Waals surface area contributed by atoms with Gasteiger partial charge in [0.2, 0.25) is 0 Å². The second kappa shape index (κ2) is 5.61. The Hall–Kier alpha value is -1.90. The van der Waals surface area contributed by atoms with Crippen LogP contribution in [-0.2, 0) is 6.42 Å². The van der Waals surface area contributed by atoms with E-state index < -0.39 is 0 Å². The minimum atomic E-state index is -0.0518. The monoisotopic (exact) mass is 282 g/mol. The van der Waals surface area contributed by atoms with E-state index in [0.29, 0.717) is 0 Å². The molecule has 20 heavy (non-hydrogen) atoms. The molecule has 2 N–H and O–H groups in total. The van der Waals surface area contributed by atoms with Gasteiger partial charge in [-0.05, 0) is 41.8 Å². The summed E-state index contributed by atoms with van der Waals surface area (Å²) >= 11 is 5.90. The molecule has 1 unspecified atom stereocenters. The Labute approximate surface area is 123 Å². The van der Waals surface area contributed by atoms with E-state index in [9.17, 15) is 0 Å². The first-order valence-electron chi connectivity index (χ1n) is 6.58. The standard InChI is InChI=1S/C17H15ClN2/c18-13-8-6-12(7-9-13)11-16(19)14-3-1-5-17-15(14)4-2-10-20-17/h1-10,16H,11,19H2. The molecule has 0 bridgehead atoms. The molecule has 100 valence electrons. The molecule has 0 spiro atoms. The number of pyridine rings is 1. The average Bonchev–Trinajstić information content (AvgIpc) is 2.49. The van der Waals surface area contributed by atoms with Gasteiger partial charge in [0.1, 0.15) is 0 Å². The highest BCUT2D eigenvalue weighted by Gasteiger charge is 2.10. The van der Waals surface area contributed by atoms with E-state index in [1.165, 1.54) is 5.56 Å². The number of nitrogens with two attached hydrogens (primary N) is 1. The van der Waals surface area contributed by atoms with E-state index in [1.54, 1.807) is 6.20 Å². The number of halogens is 1. The Morgan fingerprint density at radius 1 is 1.00 bits per heavy atom. The molecule has 3 heteroatoms. The van der Waals surface area contributed by atoms with Crippen molar-refractivity contribution < 1.29 is 0 Å². The molecule has 0 aliphatic carbocycles. The highest BCUT2D eigenvalue weighted by atomic mass is 35.5. The van der Waals surface area contributed by atoms with Crippen molar-refractivity contribution in [3.63, 3.8) is 0 Å². The van der Waals surface area contributed by atoms with E-state index in [4.69, 9.17) is 17.3 Å². The predicted molar refractivity (Wildman–Crippen MR) is 83.8 cm³/mol. The van der Waals surface area contributed by atoms with Crippen molar-refractivity contribution in [2.24, 2.45) is 5.73 Å². The molecule has 0 amide bonds. The molecule has 3 rings (SSSR count). The van der Waals surface area contributed by atoms with Crippen LogP contribution in [-0.4, -0.2) is 4.98 Å². The van der Waals surface area contributed by atoms with Crippen LogP contribution in [0, 0.1) is 0 Å². The number of benzene rings is 2. The second-order valence-corrected chi connectivity index (χ2v) is 5.29. The fourth-order valence-corrected chi connectivity index (χ4v) is 2.56. The van der Waals surface area contributed by atoms with Crippen LogP contribution in [0.4, 0.5) is 0 Å². The van der Waals surface area contributed by atoms with Gasteiger partial charge in [-0.15, -0.1) is 0 Å². The lowest BCUT2D eigenvalue weighted by molar-refractivity contribution is 0.728. The lowest BCUT2D eigenvalue weighted by atomic mass is 9.96. The van der Waals surface area contributed by atoms with Crippen LogP contribution >= 0.6 is 11.6 Å². The van der Waals surface area contributed by atoms with Gasteiger partial charge < -0.3 is 5.73 Å². The predicted octanol–water partition coefficient (Wildman–Crippen LogP) is 4.13. The van der Waals surface area contributed by atoms with Gasteiger partial charge in [0.05, 0.1) is 5.52 Å². The summed E-state index contributed by atoms with van der Waals surface area (Å²) in [7, 11) is 0. The molecule has 2 nitrogen and oxygen atoms in total. The molecule has 0 aliphatic heterocycles. The molecule has 2 aromatic carbocycles. The first-order valence-corrected chi connectivity index (χ1v) is 6.95. The summed E-state index contributed by atoms with van der Waals surface area (Å²) in [5, 5.41) is 1.87. The minimum absolute atomic E-state index is 0.0518.